The highest BCUT2D eigenvalue weighted by Crippen LogP contribution is 2.23. The first-order valence-corrected chi connectivity index (χ1v) is 5.19. The van der Waals surface area contributed by atoms with E-state index in [1.54, 1.807) is 6.92 Å². The lowest BCUT2D eigenvalue weighted by atomic mass is 10.0. The second-order valence-electron chi connectivity index (χ2n) is 3.32. The molecule has 1 rings (SSSR count). The second-order valence-corrected chi connectivity index (χ2v) is 4.57. The lowest BCUT2D eigenvalue weighted by Crippen LogP contribution is -1.88. The average Bonchev–Trinajstić information content (AvgIpc) is 2.03. The predicted molar refractivity (Wildman–Crippen MR) is 57.1 cm³/mol. The van der Waals surface area contributed by atoms with Gasteiger partial charge in [0.25, 0.3) is 0 Å². The predicted octanol–water partition coefficient (Wildman–Crippen LogP) is 3.45. The van der Waals surface area contributed by atoms with E-state index in [0.717, 1.165) is 4.90 Å². The van der Waals surface area contributed by atoms with Crippen LogP contribution in [0.4, 0.5) is 0 Å². The zero-order valence-corrected chi connectivity index (χ0v) is 9.02. The highest BCUT2D eigenvalue weighted by molar-refractivity contribution is 8.13. The summed E-state index contributed by atoms with van der Waals surface area (Å²) in [6.45, 7) is 5.89. The summed E-state index contributed by atoms with van der Waals surface area (Å²) >= 11 is 1.29. The van der Waals surface area contributed by atoms with Gasteiger partial charge in [-0.1, -0.05) is 37.7 Å². The highest BCUT2D eigenvalue weighted by atomic mass is 32.2. The third-order valence-electron chi connectivity index (χ3n) is 1.79. The number of rotatable bonds is 2. The number of thioether (sulfide) groups is 1. The third-order valence-corrected chi connectivity index (χ3v) is 2.56. The van der Waals surface area contributed by atoms with E-state index in [9.17, 15) is 4.79 Å². The molecule has 0 aliphatic heterocycles. The monoisotopic (exact) mass is 194 g/mol. The van der Waals surface area contributed by atoms with Gasteiger partial charge < -0.3 is 0 Å². The molecule has 0 fully saturated rings. The Labute approximate surface area is 83.5 Å². The Morgan fingerprint density at radius 3 is 2.62 bits per heavy atom. The molecule has 0 atom stereocenters. The number of benzene rings is 1. The van der Waals surface area contributed by atoms with Crippen molar-refractivity contribution in [2.75, 3.05) is 0 Å². The number of hydrogen-bond donors (Lipinski definition) is 0. The normalized spacial score (nSPS) is 10.5. The first kappa shape index (κ1) is 10.3. The van der Waals surface area contributed by atoms with Gasteiger partial charge in [0.2, 0.25) is 0 Å². The molecular weight excluding hydrogens is 180 g/mol. The van der Waals surface area contributed by atoms with Gasteiger partial charge in [-0.05, 0) is 23.6 Å². The van der Waals surface area contributed by atoms with Crippen LogP contribution in [0.15, 0.2) is 29.2 Å². The van der Waals surface area contributed by atoms with E-state index in [1.807, 2.05) is 12.1 Å². The van der Waals surface area contributed by atoms with Gasteiger partial charge in [0.1, 0.15) is 0 Å². The van der Waals surface area contributed by atoms with E-state index in [0.29, 0.717) is 5.92 Å². The summed E-state index contributed by atoms with van der Waals surface area (Å²) in [5.41, 5.74) is 1.28. The molecule has 2 heteroatoms. The fourth-order valence-electron chi connectivity index (χ4n) is 1.10. The van der Waals surface area contributed by atoms with Gasteiger partial charge in [-0.25, -0.2) is 0 Å². The Morgan fingerprint density at radius 2 is 2.08 bits per heavy atom. The van der Waals surface area contributed by atoms with Gasteiger partial charge in [-0.2, -0.15) is 0 Å². The van der Waals surface area contributed by atoms with E-state index in [-0.39, 0.29) is 5.12 Å². The highest BCUT2D eigenvalue weighted by Gasteiger charge is 2.02. The average molecular weight is 194 g/mol. The molecule has 0 saturated carbocycles. The van der Waals surface area contributed by atoms with E-state index >= 15 is 0 Å². The molecule has 0 bridgehead atoms. The van der Waals surface area contributed by atoms with E-state index in [2.05, 4.69) is 26.0 Å². The van der Waals surface area contributed by atoms with Crippen LogP contribution >= 0.6 is 11.8 Å². The molecule has 0 aromatic heterocycles. The number of carbonyl (C=O) groups is 1. The molecule has 0 aliphatic rings. The molecule has 0 N–H and O–H groups in total. The van der Waals surface area contributed by atoms with Crippen molar-refractivity contribution in [3.05, 3.63) is 29.8 Å². The Kier molecular flexibility index (Phi) is 3.55. The summed E-state index contributed by atoms with van der Waals surface area (Å²) in [5.74, 6) is 0.521. The van der Waals surface area contributed by atoms with Gasteiger partial charge in [0, 0.05) is 11.8 Å². The van der Waals surface area contributed by atoms with Crippen LogP contribution < -0.4 is 0 Å². The van der Waals surface area contributed by atoms with Crippen LogP contribution in [0.5, 0.6) is 0 Å². The largest absolute Gasteiger partial charge is 0.287 e. The van der Waals surface area contributed by atoms with Crippen molar-refractivity contribution in [3.63, 3.8) is 0 Å². The van der Waals surface area contributed by atoms with Gasteiger partial charge in [-0.15, -0.1) is 0 Å². The van der Waals surface area contributed by atoms with Crippen molar-refractivity contribution < 1.29 is 4.79 Å². The first-order chi connectivity index (χ1) is 6.09. The summed E-state index contributed by atoms with van der Waals surface area (Å²) in [4.78, 5) is 11.9. The molecule has 13 heavy (non-hydrogen) atoms. The van der Waals surface area contributed by atoms with E-state index < -0.39 is 0 Å². The standard InChI is InChI=1S/C11H14OS/c1-8(2)10-5-4-6-11(7-10)13-9(3)12/h4-8H,1-3H3. The van der Waals surface area contributed by atoms with Crippen LogP contribution in [-0.4, -0.2) is 5.12 Å². The Hall–Kier alpha value is -0.760. The minimum atomic E-state index is 0.140. The zero-order valence-electron chi connectivity index (χ0n) is 8.20. The Morgan fingerprint density at radius 1 is 1.38 bits per heavy atom. The fourth-order valence-corrected chi connectivity index (χ4v) is 1.78. The SMILES string of the molecule is CC(=O)Sc1cccc(C(C)C)c1. The topological polar surface area (TPSA) is 17.1 Å². The van der Waals surface area contributed by atoms with Crippen molar-refractivity contribution in [3.8, 4) is 0 Å². The molecule has 0 heterocycles. The number of carbonyl (C=O) groups excluding carboxylic acids is 1. The Balaban J connectivity index is 2.85. The van der Waals surface area contributed by atoms with Crippen molar-refractivity contribution >= 4 is 16.9 Å². The molecule has 0 amide bonds. The zero-order chi connectivity index (χ0) is 9.84. The van der Waals surface area contributed by atoms with Crippen LogP contribution in [0.3, 0.4) is 0 Å². The maximum atomic E-state index is 10.9. The minimum absolute atomic E-state index is 0.140. The van der Waals surface area contributed by atoms with Crippen LogP contribution in [0, 0.1) is 0 Å². The smallest absolute Gasteiger partial charge is 0.190 e. The van der Waals surface area contributed by atoms with E-state index in [1.165, 1.54) is 17.3 Å². The molecule has 1 aromatic rings. The van der Waals surface area contributed by atoms with Crippen molar-refractivity contribution in [1.82, 2.24) is 0 Å². The summed E-state index contributed by atoms with van der Waals surface area (Å²) < 4.78 is 0. The van der Waals surface area contributed by atoms with Gasteiger partial charge in [0.15, 0.2) is 5.12 Å². The maximum absolute atomic E-state index is 10.9. The third kappa shape index (κ3) is 3.23. The Bertz CT molecular complexity index is 305. The maximum Gasteiger partial charge on any atom is 0.190 e. The molecule has 0 unspecified atom stereocenters. The van der Waals surface area contributed by atoms with Crippen LogP contribution in [0.1, 0.15) is 32.3 Å². The van der Waals surface area contributed by atoms with Gasteiger partial charge in [-0.3, -0.25) is 4.79 Å². The molecule has 0 aliphatic carbocycles. The van der Waals surface area contributed by atoms with Crippen LogP contribution in [0.2, 0.25) is 0 Å². The molecule has 0 spiro atoms. The molecule has 1 aromatic carbocycles. The lowest BCUT2D eigenvalue weighted by Gasteiger charge is -2.06. The summed E-state index contributed by atoms with van der Waals surface area (Å²) in [6.07, 6.45) is 0. The quantitative estimate of drug-likeness (QED) is 0.671. The first-order valence-electron chi connectivity index (χ1n) is 4.38. The number of hydrogen-bond acceptors (Lipinski definition) is 2. The molecular formula is C11H14OS. The summed E-state index contributed by atoms with van der Waals surface area (Å²) in [5, 5.41) is 0.140. The second kappa shape index (κ2) is 4.47. The van der Waals surface area contributed by atoms with Crippen LogP contribution in [-0.2, 0) is 4.79 Å². The van der Waals surface area contributed by atoms with Gasteiger partial charge >= 0.3 is 0 Å². The summed E-state index contributed by atoms with van der Waals surface area (Å²) in [7, 11) is 0. The molecule has 0 radical (unpaired) electrons. The van der Waals surface area contributed by atoms with Crippen molar-refractivity contribution in [2.24, 2.45) is 0 Å². The molecule has 1 nitrogen and oxygen atoms in total. The fraction of sp³-hybridized carbons (Fsp3) is 0.364. The van der Waals surface area contributed by atoms with E-state index in [4.69, 9.17) is 0 Å². The molecule has 0 saturated heterocycles. The van der Waals surface area contributed by atoms with Crippen molar-refractivity contribution in [2.45, 2.75) is 31.6 Å². The summed E-state index contributed by atoms with van der Waals surface area (Å²) in [6, 6.07) is 8.14. The lowest BCUT2D eigenvalue weighted by molar-refractivity contribution is -0.109. The van der Waals surface area contributed by atoms with Crippen molar-refractivity contribution in [1.29, 1.82) is 0 Å². The molecule has 70 valence electrons. The van der Waals surface area contributed by atoms with Gasteiger partial charge in [0.05, 0.1) is 0 Å². The van der Waals surface area contributed by atoms with Crippen LogP contribution in [0.25, 0.3) is 0 Å². The minimum Gasteiger partial charge on any atom is -0.287 e.